The molecule has 2 aliphatic heterocycles. The third kappa shape index (κ3) is 3.98. The summed E-state index contributed by atoms with van der Waals surface area (Å²) in [5, 5.41) is 2.37. The minimum atomic E-state index is -0.00264. The summed E-state index contributed by atoms with van der Waals surface area (Å²) in [5.41, 5.74) is 2.48. The lowest BCUT2D eigenvalue weighted by atomic mass is 10.1. The Morgan fingerprint density at radius 2 is 1.88 bits per heavy atom. The first-order valence-corrected chi connectivity index (χ1v) is 11.1. The number of carbonyl (C=O) groups is 1. The Balaban J connectivity index is 1.36. The molecule has 1 fully saturated rings. The van der Waals surface area contributed by atoms with E-state index in [0.29, 0.717) is 23.8 Å². The second-order valence-electron chi connectivity index (χ2n) is 8.16. The highest BCUT2D eigenvalue weighted by molar-refractivity contribution is 6.14. The molecule has 32 heavy (non-hydrogen) atoms. The summed E-state index contributed by atoms with van der Waals surface area (Å²) in [4.78, 5) is 19.2. The zero-order valence-corrected chi connectivity index (χ0v) is 18.2. The highest BCUT2D eigenvalue weighted by atomic mass is 16.5. The van der Waals surface area contributed by atoms with Crippen molar-refractivity contribution in [2.45, 2.75) is 32.3 Å². The topological polar surface area (TPSA) is 51.1 Å². The summed E-state index contributed by atoms with van der Waals surface area (Å²) in [5.74, 6) is 2.20. The molecule has 3 aromatic carbocycles. The number of ether oxygens (including phenoxy) is 2. The molecule has 2 heterocycles. The van der Waals surface area contributed by atoms with E-state index in [9.17, 15) is 4.79 Å². The molecule has 0 aliphatic carbocycles. The molecule has 5 nitrogen and oxygen atoms in total. The van der Waals surface area contributed by atoms with Crippen molar-refractivity contribution in [2.75, 3.05) is 13.7 Å². The van der Waals surface area contributed by atoms with E-state index in [1.165, 1.54) is 10.8 Å². The summed E-state index contributed by atoms with van der Waals surface area (Å²) in [7, 11) is 1.63. The van der Waals surface area contributed by atoms with Gasteiger partial charge in [-0.1, -0.05) is 55.0 Å². The Kier molecular flexibility index (Phi) is 5.63. The van der Waals surface area contributed by atoms with Crippen LogP contribution in [0.5, 0.6) is 11.5 Å². The van der Waals surface area contributed by atoms with E-state index in [4.69, 9.17) is 9.47 Å². The van der Waals surface area contributed by atoms with Gasteiger partial charge in [-0.3, -0.25) is 9.69 Å². The Bertz CT molecular complexity index is 1220. The van der Waals surface area contributed by atoms with Crippen LogP contribution in [0.4, 0.5) is 0 Å². The van der Waals surface area contributed by atoms with Crippen molar-refractivity contribution in [1.82, 2.24) is 4.90 Å². The number of rotatable bonds is 5. The molecule has 1 saturated heterocycles. The molecule has 0 N–H and O–H groups in total. The monoisotopic (exact) mass is 426 g/mol. The first-order chi connectivity index (χ1) is 15.7. The maximum Gasteiger partial charge on any atom is 0.277 e. The number of amidine groups is 1. The van der Waals surface area contributed by atoms with Crippen LogP contribution in [0, 0.1) is 0 Å². The predicted molar refractivity (Wildman–Crippen MR) is 127 cm³/mol. The second kappa shape index (κ2) is 8.87. The summed E-state index contributed by atoms with van der Waals surface area (Å²) in [6.07, 6.45) is 5.98. The van der Waals surface area contributed by atoms with Crippen molar-refractivity contribution in [1.29, 1.82) is 0 Å². The predicted octanol–water partition coefficient (Wildman–Crippen LogP) is 5.58. The molecule has 0 spiro atoms. The minimum Gasteiger partial charge on any atom is -0.493 e. The van der Waals surface area contributed by atoms with Gasteiger partial charge in [-0.25, -0.2) is 4.99 Å². The van der Waals surface area contributed by atoms with E-state index < -0.39 is 0 Å². The lowest BCUT2D eigenvalue weighted by Gasteiger charge is -2.14. The molecule has 2 aliphatic rings. The van der Waals surface area contributed by atoms with Gasteiger partial charge in [0, 0.05) is 13.0 Å². The minimum absolute atomic E-state index is 0.00264. The number of nitrogens with zero attached hydrogens (tertiary/aromatic N) is 2. The third-order valence-electron chi connectivity index (χ3n) is 6.06. The third-order valence-corrected chi connectivity index (χ3v) is 6.06. The second-order valence-corrected chi connectivity index (χ2v) is 8.16. The smallest absolute Gasteiger partial charge is 0.277 e. The van der Waals surface area contributed by atoms with Gasteiger partial charge in [-0.05, 0) is 52.9 Å². The van der Waals surface area contributed by atoms with Gasteiger partial charge in [0.15, 0.2) is 11.5 Å². The largest absolute Gasteiger partial charge is 0.493 e. The number of fused-ring (bicyclic) bond motifs is 2. The highest BCUT2D eigenvalue weighted by Gasteiger charge is 2.30. The molecule has 5 rings (SSSR count). The van der Waals surface area contributed by atoms with Crippen LogP contribution < -0.4 is 9.47 Å². The van der Waals surface area contributed by atoms with Gasteiger partial charge in [0.05, 0.1) is 7.11 Å². The molecule has 5 heteroatoms. The van der Waals surface area contributed by atoms with Crippen molar-refractivity contribution >= 4 is 28.6 Å². The summed E-state index contributed by atoms with van der Waals surface area (Å²) >= 11 is 0. The van der Waals surface area contributed by atoms with Crippen LogP contribution in [0.3, 0.4) is 0 Å². The molecule has 0 radical (unpaired) electrons. The fourth-order valence-corrected chi connectivity index (χ4v) is 4.37. The van der Waals surface area contributed by atoms with Crippen LogP contribution in [0.2, 0.25) is 0 Å². The molecule has 0 bridgehead atoms. The van der Waals surface area contributed by atoms with Crippen LogP contribution in [0.1, 0.15) is 36.8 Å². The van der Waals surface area contributed by atoms with Gasteiger partial charge < -0.3 is 9.47 Å². The number of carbonyl (C=O) groups excluding carboxylic acids is 1. The van der Waals surface area contributed by atoms with Crippen molar-refractivity contribution in [2.24, 2.45) is 4.99 Å². The fourth-order valence-electron chi connectivity index (χ4n) is 4.37. The molecule has 0 aromatic heterocycles. The van der Waals surface area contributed by atoms with Crippen molar-refractivity contribution < 1.29 is 14.3 Å². The maximum atomic E-state index is 12.8. The van der Waals surface area contributed by atoms with Crippen LogP contribution >= 0.6 is 0 Å². The van der Waals surface area contributed by atoms with Gasteiger partial charge in [-0.15, -0.1) is 0 Å². The van der Waals surface area contributed by atoms with Gasteiger partial charge in [0.2, 0.25) is 0 Å². The lowest BCUT2D eigenvalue weighted by molar-refractivity contribution is -0.122. The van der Waals surface area contributed by atoms with Crippen LogP contribution in [-0.4, -0.2) is 30.3 Å². The van der Waals surface area contributed by atoms with Crippen molar-refractivity contribution in [3.8, 4) is 11.5 Å². The van der Waals surface area contributed by atoms with Crippen molar-refractivity contribution in [3.05, 3.63) is 77.5 Å². The Hall–Kier alpha value is -3.60. The number of methoxy groups -OCH3 is 1. The SMILES string of the molecule is COc1cc(/C=C2\N=C3CCCCCN3C2=O)ccc1OCc1cccc2ccccc12. The van der Waals surface area contributed by atoms with Gasteiger partial charge in [0.1, 0.15) is 18.1 Å². The van der Waals surface area contributed by atoms with Crippen LogP contribution in [0.15, 0.2) is 71.4 Å². The summed E-state index contributed by atoms with van der Waals surface area (Å²) in [6.45, 7) is 1.21. The van der Waals surface area contributed by atoms with E-state index in [1.54, 1.807) is 7.11 Å². The van der Waals surface area contributed by atoms with E-state index in [0.717, 1.165) is 49.2 Å². The number of aliphatic imine (C=N–C) groups is 1. The zero-order chi connectivity index (χ0) is 21.9. The molecule has 0 saturated carbocycles. The van der Waals surface area contributed by atoms with E-state index in [1.807, 2.05) is 47.4 Å². The van der Waals surface area contributed by atoms with Crippen LogP contribution in [0.25, 0.3) is 16.8 Å². The zero-order valence-electron chi connectivity index (χ0n) is 18.2. The Morgan fingerprint density at radius 3 is 2.78 bits per heavy atom. The first kappa shape index (κ1) is 20.3. The van der Waals surface area contributed by atoms with Gasteiger partial charge >= 0.3 is 0 Å². The molecule has 1 amide bonds. The molecule has 0 atom stereocenters. The molecular formula is C27H26N2O3. The molecule has 0 unspecified atom stereocenters. The standard InChI is InChI=1S/C27H26N2O3/c1-31-25-17-19(16-23-27(30)29-15-6-2-3-12-26(29)28-23)13-14-24(25)32-18-21-10-7-9-20-8-4-5-11-22(20)21/h4-5,7-11,13-14,16-17H,2-3,6,12,15,18H2,1H3/b23-16-. The summed E-state index contributed by atoms with van der Waals surface area (Å²) in [6, 6.07) is 20.2. The molecule has 162 valence electrons. The van der Waals surface area contributed by atoms with E-state index >= 15 is 0 Å². The number of hydrogen-bond donors (Lipinski definition) is 0. The summed E-state index contributed by atoms with van der Waals surface area (Å²) < 4.78 is 11.7. The first-order valence-electron chi connectivity index (χ1n) is 11.1. The average molecular weight is 427 g/mol. The van der Waals surface area contributed by atoms with Crippen molar-refractivity contribution in [3.63, 3.8) is 0 Å². The highest BCUT2D eigenvalue weighted by Crippen LogP contribution is 2.31. The number of amides is 1. The molecule has 3 aromatic rings. The Morgan fingerprint density at radius 1 is 1.00 bits per heavy atom. The number of hydrogen-bond acceptors (Lipinski definition) is 4. The molecular weight excluding hydrogens is 400 g/mol. The van der Waals surface area contributed by atoms with Gasteiger partial charge in [0.25, 0.3) is 5.91 Å². The Labute approximate surface area is 188 Å². The van der Waals surface area contributed by atoms with Gasteiger partial charge in [-0.2, -0.15) is 0 Å². The van der Waals surface area contributed by atoms with Crippen LogP contribution in [-0.2, 0) is 11.4 Å². The maximum absolute atomic E-state index is 12.8. The normalized spacial score (nSPS) is 17.3. The number of benzene rings is 3. The quantitative estimate of drug-likeness (QED) is 0.500. The van der Waals surface area contributed by atoms with E-state index in [-0.39, 0.29) is 5.91 Å². The van der Waals surface area contributed by atoms with E-state index in [2.05, 4.69) is 29.3 Å². The fraction of sp³-hybridized carbons (Fsp3) is 0.259. The lowest BCUT2D eigenvalue weighted by Crippen LogP contribution is -2.31. The average Bonchev–Trinajstić information content (AvgIpc) is 2.98.